The van der Waals surface area contributed by atoms with Crippen molar-refractivity contribution in [3.05, 3.63) is 0 Å². The average Bonchev–Trinajstić information content (AvgIpc) is 3.09. The minimum atomic E-state index is -4.15. The van der Waals surface area contributed by atoms with Crippen LogP contribution in [-0.2, 0) is 54.6 Å². The lowest BCUT2D eigenvalue weighted by Gasteiger charge is -2.16. The van der Waals surface area contributed by atoms with Crippen LogP contribution in [0.2, 0.25) is 0 Å². The molecule has 5 saturated heterocycles. The summed E-state index contributed by atoms with van der Waals surface area (Å²) < 4.78 is 40.4. The lowest BCUT2D eigenvalue weighted by Crippen LogP contribution is -2.47. The van der Waals surface area contributed by atoms with Crippen LogP contribution in [0.3, 0.4) is 0 Å². The molecule has 0 aliphatic carbocycles. The summed E-state index contributed by atoms with van der Waals surface area (Å²) in [7, 11) is -8.29. The molecule has 12 nitrogen and oxygen atoms in total. The Morgan fingerprint density at radius 2 is 0.727 bits per heavy atom. The number of carbonyl (C=O) groups excluding carboxylic acids is 4. The first-order chi connectivity index (χ1) is 10.4. The van der Waals surface area contributed by atoms with Crippen molar-refractivity contribution < 1.29 is 54.6 Å². The topological polar surface area (TPSA) is 142 Å². The van der Waals surface area contributed by atoms with Crippen LogP contribution in [0.5, 0.6) is 0 Å². The third-order valence-electron chi connectivity index (χ3n) is 3.47. The Morgan fingerprint density at radius 3 is 0.955 bits per heavy atom. The van der Waals surface area contributed by atoms with E-state index in [1.54, 1.807) is 0 Å². The second kappa shape index (κ2) is 3.55. The normalized spacial score (nSPS) is 51.3. The van der Waals surface area contributed by atoms with E-state index < -0.39 is 66.4 Å². The van der Waals surface area contributed by atoms with Crippen molar-refractivity contribution in [2.45, 2.75) is 24.4 Å². The molecule has 4 unspecified atom stereocenters. The first kappa shape index (κ1) is 12.7. The summed E-state index contributed by atoms with van der Waals surface area (Å²) in [6.07, 6.45) is -6.23. The largest absolute Gasteiger partial charge is 0.826 e. The van der Waals surface area contributed by atoms with Gasteiger partial charge in [-0.15, -0.1) is 0 Å². The zero-order valence-electron chi connectivity index (χ0n) is 10.2. The van der Waals surface area contributed by atoms with E-state index in [9.17, 15) is 19.2 Å². The highest BCUT2D eigenvalue weighted by molar-refractivity contribution is 6.63. The minimum Gasteiger partial charge on any atom is -0.440 e. The van der Waals surface area contributed by atoms with Crippen LogP contribution in [0.4, 0.5) is 0 Å². The molecular weight excluding hydrogens is 344 g/mol. The molecule has 0 aromatic carbocycles. The van der Waals surface area contributed by atoms with E-state index in [4.69, 9.17) is 35.4 Å². The summed E-state index contributed by atoms with van der Waals surface area (Å²) in [6.45, 7) is 0. The van der Waals surface area contributed by atoms with Crippen LogP contribution in [0, 0.1) is 0 Å². The molecule has 0 saturated carbocycles. The van der Waals surface area contributed by atoms with E-state index in [-0.39, 0.29) is 0 Å². The highest BCUT2D eigenvalue weighted by Gasteiger charge is 2.80. The van der Waals surface area contributed by atoms with Crippen molar-refractivity contribution in [3.63, 3.8) is 0 Å². The molecule has 5 aliphatic heterocycles. The van der Waals surface area contributed by atoms with Crippen molar-refractivity contribution >= 4 is 42.0 Å². The van der Waals surface area contributed by atoms with Crippen molar-refractivity contribution in [2.75, 3.05) is 0 Å². The van der Waals surface area contributed by atoms with Crippen molar-refractivity contribution in [2.24, 2.45) is 0 Å². The maximum Gasteiger partial charge on any atom is 0.826 e. The van der Waals surface area contributed by atoms with Gasteiger partial charge in [0.25, 0.3) is 0 Å². The van der Waals surface area contributed by atoms with Gasteiger partial charge in [-0.05, 0) is 0 Å². The van der Waals surface area contributed by atoms with E-state index in [1.165, 1.54) is 0 Å². The Bertz CT molecular complexity index is 548. The molecule has 22 heavy (non-hydrogen) atoms. The molecule has 0 N–H and O–H groups in total. The van der Waals surface area contributed by atoms with Crippen molar-refractivity contribution in [3.8, 4) is 0 Å². The molecule has 5 heterocycles. The zero-order valence-corrected chi connectivity index (χ0v) is 12.2. The van der Waals surface area contributed by atoms with Crippen LogP contribution < -0.4 is 0 Å². The fourth-order valence-corrected chi connectivity index (χ4v) is 6.72. The van der Waals surface area contributed by atoms with Gasteiger partial charge in [0.2, 0.25) is 0 Å². The predicted octanol–water partition coefficient (Wildman–Crippen LogP) is -3.36. The number of carbonyl (C=O) groups is 4. The summed E-state index contributed by atoms with van der Waals surface area (Å²) >= 11 is 0. The Hall–Kier alpha value is -1.85. The van der Waals surface area contributed by atoms with Gasteiger partial charge in [-0.3, -0.25) is 19.2 Å². The lowest BCUT2D eigenvalue weighted by atomic mass is 10.2. The van der Waals surface area contributed by atoms with Crippen LogP contribution in [0.1, 0.15) is 0 Å². The molecule has 6 bridgehead atoms. The summed E-state index contributed by atoms with van der Waals surface area (Å²) in [6, 6.07) is 0. The molecule has 0 amide bonds. The van der Waals surface area contributed by atoms with E-state index in [1.807, 2.05) is 0 Å². The van der Waals surface area contributed by atoms with E-state index in [0.717, 1.165) is 0 Å². The van der Waals surface area contributed by atoms with Gasteiger partial charge in [0.1, 0.15) is 0 Å². The SMILES string of the molecule is O=C1O[Si]23OC(=O)C(O2)C2O[Si]4(OC(=O)C(O4)C1O3)OC2=O. The Labute approximate surface area is 122 Å². The molecule has 116 valence electrons. The summed E-state index contributed by atoms with van der Waals surface area (Å²) in [5.74, 6) is -4.01. The van der Waals surface area contributed by atoms with Crippen molar-refractivity contribution in [1.29, 1.82) is 0 Å². The monoisotopic (exact) mass is 348 g/mol. The van der Waals surface area contributed by atoms with E-state index in [0.29, 0.717) is 0 Å². The van der Waals surface area contributed by atoms with Crippen LogP contribution >= 0.6 is 0 Å². The summed E-state index contributed by atoms with van der Waals surface area (Å²) in [4.78, 5) is 47.5. The molecule has 14 heteroatoms. The number of hydrogen-bond acceptors (Lipinski definition) is 12. The van der Waals surface area contributed by atoms with Gasteiger partial charge in [-0.1, -0.05) is 0 Å². The lowest BCUT2D eigenvalue weighted by molar-refractivity contribution is -0.147. The Morgan fingerprint density at radius 1 is 0.500 bits per heavy atom. The van der Waals surface area contributed by atoms with Crippen LogP contribution in [-0.4, -0.2) is 66.4 Å². The van der Waals surface area contributed by atoms with Gasteiger partial charge in [0.05, 0.1) is 0 Å². The molecule has 4 atom stereocenters. The van der Waals surface area contributed by atoms with Gasteiger partial charge in [0.15, 0.2) is 24.4 Å². The fraction of sp³-hybridized carbons (Fsp3) is 0.500. The second-order valence-corrected chi connectivity index (χ2v) is 8.60. The molecule has 5 fully saturated rings. The molecule has 0 aromatic rings. The van der Waals surface area contributed by atoms with E-state index >= 15 is 0 Å². The van der Waals surface area contributed by atoms with Gasteiger partial charge < -0.3 is 35.4 Å². The molecule has 5 aliphatic rings. The molecule has 0 aromatic heterocycles. The van der Waals surface area contributed by atoms with Gasteiger partial charge in [-0.2, -0.15) is 0 Å². The standard InChI is InChI=1S/C8H4O12Si2/c9-5-1-2-6(10)18-22(14-2)16-4(8(12)20-22)3-7(11)19-21(13-1,15-3)17-5/h1-4H. The molecule has 5 rings (SSSR count). The highest BCUT2D eigenvalue weighted by Crippen LogP contribution is 2.42. The number of rotatable bonds is 0. The summed E-state index contributed by atoms with van der Waals surface area (Å²) in [5, 5.41) is 0. The fourth-order valence-electron chi connectivity index (χ4n) is 2.57. The third-order valence-corrected chi connectivity index (χ3v) is 7.44. The number of hydrogen-bond donors (Lipinski definition) is 0. The zero-order chi connectivity index (χ0) is 15.3. The molecular formula is C8H4O12Si2. The first-order valence-electron chi connectivity index (χ1n) is 6.03. The maximum atomic E-state index is 11.9. The van der Waals surface area contributed by atoms with E-state index in [2.05, 4.69) is 0 Å². The quantitative estimate of drug-likeness (QED) is 0.403. The maximum absolute atomic E-state index is 11.9. The smallest absolute Gasteiger partial charge is 0.440 e. The molecule has 0 radical (unpaired) electrons. The Kier molecular flexibility index (Phi) is 2.05. The van der Waals surface area contributed by atoms with Crippen LogP contribution in [0.15, 0.2) is 0 Å². The molecule has 2 spiro atoms. The van der Waals surface area contributed by atoms with Crippen LogP contribution in [0.25, 0.3) is 0 Å². The highest BCUT2D eigenvalue weighted by atomic mass is 28.4. The second-order valence-electron chi connectivity index (χ2n) is 4.84. The average molecular weight is 348 g/mol. The third kappa shape index (κ3) is 1.38. The number of fused-ring (bicyclic) bond motifs is 6. The Balaban J connectivity index is 1.66. The minimum absolute atomic E-state index is 1.00. The van der Waals surface area contributed by atoms with Crippen molar-refractivity contribution in [1.82, 2.24) is 0 Å². The predicted molar refractivity (Wildman–Crippen MR) is 55.4 cm³/mol. The van der Waals surface area contributed by atoms with Gasteiger partial charge in [-0.25, -0.2) is 0 Å². The van der Waals surface area contributed by atoms with Gasteiger partial charge >= 0.3 is 42.0 Å². The summed E-state index contributed by atoms with van der Waals surface area (Å²) in [5.41, 5.74) is 0. The first-order valence-corrected chi connectivity index (χ1v) is 9.30. The van der Waals surface area contributed by atoms with Gasteiger partial charge in [0, 0.05) is 0 Å².